The third kappa shape index (κ3) is 3.29. The summed E-state index contributed by atoms with van der Waals surface area (Å²) in [7, 11) is 0. The predicted molar refractivity (Wildman–Crippen MR) is 73.5 cm³/mol. The first-order valence-electron chi connectivity index (χ1n) is 6.16. The fraction of sp³-hybridized carbons (Fsp3) is 0.462. The van der Waals surface area contributed by atoms with Crippen LogP contribution < -0.4 is 5.32 Å². The van der Waals surface area contributed by atoms with Gasteiger partial charge in [-0.2, -0.15) is 0 Å². The third-order valence-corrected chi connectivity index (χ3v) is 4.31. The number of hydrogen-bond acceptors (Lipinski definition) is 5. The highest BCUT2D eigenvalue weighted by Crippen LogP contribution is 2.28. The molecule has 20 heavy (non-hydrogen) atoms. The maximum atomic E-state index is 11.9. The highest BCUT2D eigenvalue weighted by molar-refractivity contribution is 8.00. The molecule has 0 bridgehead atoms. The molecular weight excluding hydrogens is 280 g/mol. The first kappa shape index (κ1) is 14.8. The predicted octanol–water partition coefficient (Wildman–Crippen LogP) is 0.780. The summed E-state index contributed by atoms with van der Waals surface area (Å²) in [6.07, 6.45) is 3.32. The van der Waals surface area contributed by atoms with Crippen molar-refractivity contribution in [1.29, 1.82) is 0 Å². The van der Waals surface area contributed by atoms with Crippen LogP contribution in [0, 0.1) is 5.41 Å². The van der Waals surface area contributed by atoms with E-state index in [1.165, 1.54) is 11.8 Å². The number of carboxylic acids is 1. The number of carbonyl (C=O) groups is 2. The summed E-state index contributed by atoms with van der Waals surface area (Å²) in [5.74, 6) is -0.923. The molecule has 0 radical (unpaired) electrons. The lowest BCUT2D eigenvalue weighted by molar-refractivity contribution is -0.148. The Bertz CT molecular complexity index is 496. The number of thioether (sulfide) groups is 1. The first-order chi connectivity index (χ1) is 9.52. The van der Waals surface area contributed by atoms with E-state index < -0.39 is 17.4 Å². The molecule has 108 valence electrons. The molecule has 6 nitrogen and oxygen atoms in total. The lowest BCUT2D eigenvalue weighted by Crippen LogP contribution is -2.50. The second-order valence-corrected chi connectivity index (χ2v) is 5.88. The molecule has 0 spiro atoms. The highest BCUT2D eigenvalue weighted by atomic mass is 32.2. The van der Waals surface area contributed by atoms with Crippen LogP contribution in [0.1, 0.15) is 6.92 Å². The average Bonchev–Trinajstić information content (AvgIpc) is 2.80. The minimum Gasteiger partial charge on any atom is -0.481 e. The van der Waals surface area contributed by atoms with E-state index in [1.54, 1.807) is 19.3 Å². The number of hydrogen-bond donors (Lipinski definition) is 2. The van der Waals surface area contributed by atoms with Gasteiger partial charge in [-0.1, -0.05) is 0 Å². The number of nitrogens with one attached hydrogen (secondary N) is 1. The SMILES string of the molecule is CC1(C(=O)O)COCC1NC(=O)CSc1ccncc1. The minimum atomic E-state index is -1.06. The molecule has 2 unspecified atom stereocenters. The van der Waals surface area contributed by atoms with Gasteiger partial charge in [-0.3, -0.25) is 14.6 Å². The van der Waals surface area contributed by atoms with Crippen LogP contribution in [0.25, 0.3) is 0 Å². The van der Waals surface area contributed by atoms with Gasteiger partial charge >= 0.3 is 5.97 Å². The number of carboxylic acid groups (broad SMARTS) is 1. The van der Waals surface area contributed by atoms with Crippen molar-refractivity contribution in [3.05, 3.63) is 24.5 Å². The Labute approximate surface area is 120 Å². The average molecular weight is 296 g/mol. The Morgan fingerprint density at radius 2 is 2.25 bits per heavy atom. The van der Waals surface area contributed by atoms with Gasteiger partial charge in [0.1, 0.15) is 5.41 Å². The molecule has 1 aromatic rings. The quantitative estimate of drug-likeness (QED) is 0.781. The summed E-state index contributed by atoms with van der Waals surface area (Å²) in [6.45, 7) is 1.93. The van der Waals surface area contributed by atoms with Crippen molar-refractivity contribution in [2.45, 2.75) is 17.9 Å². The van der Waals surface area contributed by atoms with Gasteiger partial charge in [0.15, 0.2) is 0 Å². The number of aliphatic carboxylic acids is 1. The fourth-order valence-corrected chi connectivity index (χ4v) is 2.60. The zero-order valence-electron chi connectivity index (χ0n) is 11.0. The molecule has 0 aromatic carbocycles. The molecule has 2 rings (SSSR count). The van der Waals surface area contributed by atoms with Gasteiger partial charge < -0.3 is 15.2 Å². The maximum absolute atomic E-state index is 11.9. The van der Waals surface area contributed by atoms with Gasteiger partial charge in [-0.15, -0.1) is 11.8 Å². The van der Waals surface area contributed by atoms with Crippen LogP contribution in [0.3, 0.4) is 0 Å². The van der Waals surface area contributed by atoms with Crippen molar-refractivity contribution in [3.63, 3.8) is 0 Å². The molecule has 1 aliphatic heterocycles. The smallest absolute Gasteiger partial charge is 0.313 e. The number of ether oxygens (including phenoxy) is 1. The van der Waals surface area contributed by atoms with Gasteiger partial charge in [-0.05, 0) is 19.1 Å². The normalized spacial score (nSPS) is 25.4. The highest BCUT2D eigenvalue weighted by Gasteiger charge is 2.47. The summed E-state index contributed by atoms with van der Waals surface area (Å²) in [4.78, 5) is 28.0. The van der Waals surface area contributed by atoms with Crippen LogP contribution in [0.15, 0.2) is 29.4 Å². The van der Waals surface area contributed by atoms with Crippen LogP contribution in [0.4, 0.5) is 0 Å². The van der Waals surface area contributed by atoms with Crippen LogP contribution in [0.5, 0.6) is 0 Å². The van der Waals surface area contributed by atoms with E-state index in [4.69, 9.17) is 4.74 Å². The van der Waals surface area contributed by atoms with E-state index in [2.05, 4.69) is 10.3 Å². The number of aromatic nitrogens is 1. The molecule has 2 heterocycles. The number of nitrogens with zero attached hydrogens (tertiary/aromatic N) is 1. The second kappa shape index (κ2) is 6.23. The molecule has 0 saturated carbocycles. The van der Waals surface area contributed by atoms with Crippen molar-refractivity contribution in [3.8, 4) is 0 Å². The van der Waals surface area contributed by atoms with Crippen molar-refractivity contribution in [1.82, 2.24) is 10.3 Å². The Morgan fingerprint density at radius 3 is 2.90 bits per heavy atom. The summed E-state index contributed by atoms with van der Waals surface area (Å²) in [5.41, 5.74) is -1.06. The van der Waals surface area contributed by atoms with Gasteiger partial charge in [0.2, 0.25) is 5.91 Å². The van der Waals surface area contributed by atoms with Crippen molar-refractivity contribution < 1.29 is 19.4 Å². The van der Waals surface area contributed by atoms with Crippen LogP contribution in [0.2, 0.25) is 0 Å². The molecule has 1 aromatic heterocycles. The van der Waals surface area contributed by atoms with E-state index in [1.807, 2.05) is 12.1 Å². The summed E-state index contributed by atoms with van der Waals surface area (Å²) >= 11 is 1.38. The van der Waals surface area contributed by atoms with E-state index >= 15 is 0 Å². The molecule has 1 aliphatic rings. The Morgan fingerprint density at radius 1 is 1.55 bits per heavy atom. The van der Waals surface area contributed by atoms with Crippen LogP contribution in [-0.2, 0) is 14.3 Å². The minimum absolute atomic E-state index is 0.116. The van der Waals surface area contributed by atoms with E-state index in [0.29, 0.717) is 0 Å². The number of rotatable bonds is 5. The molecule has 1 fully saturated rings. The van der Waals surface area contributed by atoms with Crippen LogP contribution >= 0.6 is 11.8 Å². The molecular formula is C13H16N2O4S. The lowest BCUT2D eigenvalue weighted by atomic mass is 9.85. The molecule has 2 N–H and O–H groups in total. The first-order valence-corrected chi connectivity index (χ1v) is 7.14. The Hall–Kier alpha value is -1.60. The molecule has 1 amide bonds. The summed E-state index contributed by atoms with van der Waals surface area (Å²) < 4.78 is 5.19. The van der Waals surface area contributed by atoms with Crippen LogP contribution in [-0.4, -0.2) is 47.0 Å². The topological polar surface area (TPSA) is 88.5 Å². The van der Waals surface area contributed by atoms with Gasteiger partial charge in [-0.25, -0.2) is 0 Å². The third-order valence-electron chi connectivity index (χ3n) is 3.30. The van der Waals surface area contributed by atoms with Crippen molar-refractivity contribution in [2.75, 3.05) is 19.0 Å². The maximum Gasteiger partial charge on any atom is 0.313 e. The molecule has 7 heteroatoms. The van der Waals surface area contributed by atoms with Gasteiger partial charge in [0, 0.05) is 17.3 Å². The molecule has 0 aliphatic carbocycles. The monoisotopic (exact) mass is 296 g/mol. The lowest BCUT2D eigenvalue weighted by Gasteiger charge is -2.25. The number of carbonyl (C=O) groups excluding carboxylic acids is 1. The van der Waals surface area contributed by atoms with Crippen molar-refractivity contribution in [2.24, 2.45) is 5.41 Å². The van der Waals surface area contributed by atoms with E-state index in [-0.39, 0.29) is 24.9 Å². The van der Waals surface area contributed by atoms with Gasteiger partial charge in [0.25, 0.3) is 0 Å². The Balaban J connectivity index is 1.87. The standard InChI is InChI=1S/C13H16N2O4S/c1-13(12(17)18)8-19-6-10(13)15-11(16)7-20-9-2-4-14-5-3-9/h2-5,10H,6-8H2,1H3,(H,15,16)(H,17,18). The molecule has 1 saturated heterocycles. The largest absolute Gasteiger partial charge is 0.481 e. The van der Waals surface area contributed by atoms with E-state index in [9.17, 15) is 14.7 Å². The van der Waals surface area contributed by atoms with E-state index in [0.717, 1.165) is 4.90 Å². The zero-order valence-corrected chi connectivity index (χ0v) is 11.9. The second-order valence-electron chi connectivity index (χ2n) is 4.83. The fourth-order valence-electron chi connectivity index (χ4n) is 1.90. The van der Waals surface area contributed by atoms with Gasteiger partial charge in [0.05, 0.1) is 25.0 Å². The number of amides is 1. The summed E-state index contributed by atoms with van der Waals surface area (Å²) in [6, 6.07) is 3.14. The zero-order chi connectivity index (χ0) is 14.6. The Kier molecular flexibility index (Phi) is 4.61. The number of pyridine rings is 1. The summed E-state index contributed by atoms with van der Waals surface area (Å²) in [5, 5.41) is 12.0. The molecule has 2 atom stereocenters. The van der Waals surface area contributed by atoms with Crippen molar-refractivity contribution >= 4 is 23.6 Å².